The van der Waals surface area contributed by atoms with Gasteiger partial charge in [0.15, 0.2) is 5.43 Å². The van der Waals surface area contributed by atoms with Gasteiger partial charge in [-0.15, -0.1) is 0 Å². The molecule has 0 radical (unpaired) electrons. The maximum absolute atomic E-state index is 14.2. The van der Waals surface area contributed by atoms with Gasteiger partial charge in [-0.1, -0.05) is 42.5 Å². The lowest BCUT2D eigenvalue weighted by atomic mass is 9.83. The van der Waals surface area contributed by atoms with Crippen LogP contribution in [0.2, 0.25) is 0 Å². The number of amides is 3. The van der Waals surface area contributed by atoms with E-state index in [4.69, 9.17) is 4.42 Å². The van der Waals surface area contributed by atoms with Gasteiger partial charge in [0.05, 0.1) is 17.6 Å². The largest absolute Gasteiger partial charge is 0.464 e. The highest BCUT2D eigenvalue weighted by molar-refractivity contribution is 6.15. The van der Waals surface area contributed by atoms with E-state index in [1.54, 1.807) is 36.4 Å². The summed E-state index contributed by atoms with van der Waals surface area (Å²) in [5.74, 6) is -7.44. The van der Waals surface area contributed by atoms with Gasteiger partial charge in [-0.2, -0.15) is 0 Å². The van der Waals surface area contributed by atoms with Crippen molar-refractivity contribution >= 4 is 56.5 Å². The van der Waals surface area contributed by atoms with Crippen LogP contribution in [-0.4, -0.2) is 17.7 Å². The van der Waals surface area contributed by atoms with Crippen LogP contribution in [0.3, 0.4) is 0 Å². The van der Waals surface area contributed by atoms with Gasteiger partial charge >= 0.3 is 0 Å². The molecule has 0 aliphatic carbocycles. The van der Waals surface area contributed by atoms with Gasteiger partial charge < -0.3 is 20.4 Å². The maximum atomic E-state index is 14.2. The van der Waals surface area contributed by atoms with Crippen LogP contribution >= 0.6 is 0 Å². The minimum atomic E-state index is -1.86. The van der Waals surface area contributed by atoms with E-state index < -0.39 is 46.6 Å². The quantitative estimate of drug-likeness (QED) is 0.162. The van der Waals surface area contributed by atoms with Crippen LogP contribution in [0.4, 0.5) is 25.8 Å². The van der Waals surface area contributed by atoms with Crippen molar-refractivity contribution in [3.63, 3.8) is 0 Å². The van der Waals surface area contributed by atoms with E-state index in [0.717, 1.165) is 41.3 Å². The normalized spacial score (nSPS) is 11.7. The second-order valence-corrected chi connectivity index (χ2v) is 10.5. The number of carbonyl (C=O) groups is 3. The first-order valence-electron chi connectivity index (χ1n) is 14.2. The van der Waals surface area contributed by atoms with Crippen LogP contribution in [0.5, 0.6) is 0 Å². The van der Waals surface area contributed by atoms with Gasteiger partial charge in [0.2, 0.25) is 17.7 Å². The first-order chi connectivity index (χ1) is 22.3. The molecule has 0 spiro atoms. The number of para-hydroxylation sites is 1. The minimum Gasteiger partial charge on any atom is -0.464 e. The zero-order valence-electron chi connectivity index (χ0n) is 24.0. The predicted octanol–water partition coefficient (Wildman–Crippen LogP) is 6.84. The van der Waals surface area contributed by atoms with Gasteiger partial charge in [-0.25, -0.2) is 8.78 Å². The highest BCUT2D eigenvalue weighted by Gasteiger charge is 2.42. The molecule has 0 fully saturated rings. The molecule has 5 aromatic carbocycles. The summed E-state index contributed by atoms with van der Waals surface area (Å²) in [4.78, 5) is 56.0. The molecule has 0 aliphatic rings. The van der Waals surface area contributed by atoms with Gasteiger partial charge in [-0.05, 0) is 83.6 Å². The lowest BCUT2D eigenvalue weighted by Gasteiger charge is -2.25. The van der Waals surface area contributed by atoms with Gasteiger partial charge in [-0.3, -0.25) is 19.2 Å². The molecule has 6 aromatic rings. The van der Waals surface area contributed by atoms with E-state index in [1.807, 2.05) is 24.3 Å². The average molecular weight is 618 g/mol. The van der Waals surface area contributed by atoms with Crippen molar-refractivity contribution in [2.75, 3.05) is 16.0 Å². The summed E-state index contributed by atoms with van der Waals surface area (Å²) in [5, 5.41) is 9.75. The molecule has 8 nitrogen and oxygen atoms in total. The second kappa shape index (κ2) is 12.8. The van der Waals surface area contributed by atoms with Crippen LogP contribution in [0.25, 0.3) is 21.7 Å². The lowest BCUT2D eigenvalue weighted by Crippen LogP contribution is -2.44. The van der Waals surface area contributed by atoms with Crippen molar-refractivity contribution in [2.45, 2.75) is 5.92 Å². The van der Waals surface area contributed by atoms with Crippen LogP contribution in [-0.2, 0) is 14.4 Å². The Bertz CT molecular complexity index is 2090. The Balaban J connectivity index is 1.47. The summed E-state index contributed by atoms with van der Waals surface area (Å²) < 4.78 is 32.9. The molecule has 228 valence electrons. The number of hydrogen-bond acceptors (Lipinski definition) is 5. The summed E-state index contributed by atoms with van der Waals surface area (Å²) in [7, 11) is 0. The minimum absolute atomic E-state index is 0.139. The summed E-state index contributed by atoms with van der Waals surface area (Å²) >= 11 is 0. The molecule has 6 rings (SSSR count). The van der Waals surface area contributed by atoms with Crippen LogP contribution in [0.1, 0.15) is 11.5 Å². The number of carbonyl (C=O) groups excluding carboxylic acids is 3. The number of benzene rings is 5. The van der Waals surface area contributed by atoms with E-state index >= 15 is 0 Å². The van der Waals surface area contributed by atoms with Crippen molar-refractivity contribution in [3.05, 3.63) is 149 Å². The van der Waals surface area contributed by atoms with E-state index in [1.165, 1.54) is 30.3 Å². The maximum Gasteiger partial charge on any atom is 0.238 e. The molecular weight excluding hydrogens is 592 g/mol. The summed E-state index contributed by atoms with van der Waals surface area (Å²) in [5.41, 5.74) is 0.0270. The van der Waals surface area contributed by atoms with E-state index in [0.29, 0.717) is 5.69 Å². The van der Waals surface area contributed by atoms with Gasteiger partial charge in [0, 0.05) is 22.6 Å². The second-order valence-electron chi connectivity index (χ2n) is 10.5. The predicted molar refractivity (Wildman–Crippen MR) is 171 cm³/mol. The Morgan fingerprint density at radius 1 is 0.587 bits per heavy atom. The van der Waals surface area contributed by atoms with Crippen molar-refractivity contribution in [2.24, 2.45) is 5.92 Å². The highest BCUT2D eigenvalue weighted by Crippen LogP contribution is 2.30. The average Bonchev–Trinajstić information content (AvgIpc) is 3.06. The van der Waals surface area contributed by atoms with Crippen LogP contribution < -0.4 is 21.4 Å². The smallest absolute Gasteiger partial charge is 0.238 e. The molecule has 3 amide bonds. The third-order valence-corrected chi connectivity index (χ3v) is 7.46. The fourth-order valence-electron chi connectivity index (χ4n) is 5.20. The van der Waals surface area contributed by atoms with Crippen LogP contribution in [0.15, 0.2) is 131 Å². The van der Waals surface area contributed by atoms with Crippen molar-refractivity contribution in [1.29, 1.82) is 0 Å². The molecule has 10 heteroatoms. The molecule has 1 unspecified atom stereocenters. The summed E-state index contributed by atoms with van der Waals surface area (Å²) in [6.07, 6.45) is 1.07. The number of halogens is 2. The molecule has 0 bridgehead atoms. The Morgan fingerprint density at radius 2 is 1.11 bits per heavy atom. The fourth-order valence-corrected chi connectivity index (χ4v) is 5.20. The number of fused-ring (bicyclic) bond motifs is 2. The zero-order chi connectivity index (χ0) is 32.2. The lowest BCUT2D eigenvalue weighted by molar-refractivity contribution is -0.134. The number of nitrogens with one attached hydrogen (secondary N) is 3. The summed E-state index contributed by atoms with van der Waals surface area (Å²) in [6.45, 7) is 0. The van der Waals surface area contributed by atoms with E-state index in [2.05, 4.69) is 16.0 Å². The number of rotatable bonds is 8. The molecule has 0 saturated heterocycles. The summed E-state index contributed by atoms with van der Waals surface area (Å²) in [6, 6.07) is 28.6. The highest BCUT2D eigenvalue weighted by atomic mass is 19.1. The Kier molecular flexibility index (Phi) is 8.34. The van der Waals surface area contributed by atoms with E-state index in [9.17, 15) is 28.0 Å². The van der Waals surface area contributed by atoms with E-state index in [-0.39, 0.29) is 27.9 Å². The monoisotopic (exact) mass is 617 g/mol. The number of anilines is 3. The molecule has 1 aromatic heterocycles. The molecule has 0 saturated carbocycles. The Labute approximate surface area is 260 Å². The third-order valence-electron chi connectivity index (χ3n) is 7.46. The number of hydrogen-bond donors (Lipinski definition) is 3. The molecule has 0 aliphatic heterocycles. The molecule has 1 atom stereocenters. The topological polar surface area (TPSA) is 118 Å². The van der Waals surface area contributed by atoms with Gasteiger partial charge in [0.25, 0.3) is 0 Å². The van der Waals surface area contributed by atoms with Crippen molar-refractivity contribution in [1.82, 2.24) is 0 Å². The SMILES string of the molecule is O=C(Nc1ccc(F)cc1)C(C(=O)Nc1ccc(F)cc1)C(C(=O)Nc1ccc2ccccc2c1)c1coc2ccccc2c1=O. The first-order valence-corrected chi connectivity index (χ1v) is 14.2. The standard InChI is InChI=1S/C36H25F2N3O5/c37-23-10-15-25(16-11-23)39-35(44)32(36(45)40-26-17-12-24(38)13-18-26)31(29-20-46-30-8-4-3-7-28(30)33(29)42)34(43)41-27-14-9-21-5-1-2-6-22(21)19-27/h1-20,31-32H,(H,39,44)(H,40,45)(H,41,43). The molecule has 46 heavy (non-hydrogen) atoms. The van der Waals surface area contributed by atoms with Crippen LogP contribution in [0, 0.1) is 17.6 Å². The fraction of sp³-hybridized carbons (Fsp3) is 0.0556. The van der Waals surface area contributed by atoms with Gasteiger partial charge in [0.1, 0.15) is 23.1 Å². The molecular formula is C36H25F2N3O5. The van der Waals surface area contributed by atoms with Crippen molar-refractivity contribution in [3.8, 4) is 0 Å². The molecule has 1 heterocycles. The zero-order valence-corrected chi connectivity index (χ0v) is 24.0. The first kappa shape index (κ1) is 29.9. The van der Waals surface area contributed by atoms with Crippen molar-refractivity contribution < 1.29 is 27.6 Å². The molecule has 3 N–H and O–H groups in total. The Hall–Kier alpha value is -6.16. The third kappa shape index (κ3) is 6.36. The Morgan fingerprint density at radius 3 is 1.74 bits per heavy atom.